The second-order valence-electron chi connectivity index (χ2n) is 3.24. The minimum absolute atomic E-state index is 0.284. The van der Waals surface area contributed by atoms with Gasteiger partial charge in [-0.3, -0.25) is 0 Å². The topological polar surface area (TPSA) is 0 Å². The van der Waals surface area contributed by atoms with Gasteiger partial charge in [0.1, 0.15) is 0 Å². The van der Waals surface area contributed by atoms with Crippen molar-refractivity contribution in [2.24, 2.45) is 0 Å². The normalized spacial score (nSPS) is 11.9. The number of halogens is 4. The van der Waals surface area contributed by atoms with Gasteiger partial charge >= 0.3 is 6.18 Å². The molecule has 14 heavy (non-hydrogen) atoms. The van der Waals surface area contributed by atoms with Gasteiger partial charge in [-0.05, 0) is 30.5 Å². The largest absolute Gasteiger partial charge is 0.416 e. The Labute approximate surface area is 89.3 Å². The van der Waals surface area contributed by atoms with Crippen molar-refractivity contribution in [3.05, 3.63) is 34.4 Å². The van der Waals surface area contributed by atoms with E-state index >= 15 is 0 Å². The van der Waals surface area contributed by atoms with Gasteiger partial charge < -0.3 is 0 Å². The molecule has 0 bridgehead atoms. The van der Waals surface area contributed by atoms with Crippen LogP contribution in [0.25, 0.3) is 0 Å². The number of hydrogen-bond donors (Lipinski definition) is 0. The van der Waals surface area contributed by atoms with Gasteiger partial charge in [-0.15, -0.1) is 0 Å². The summed E-state index contributed by atoms with van der Waals surface area (Å²) in [5, 5.41) is 0.576. The van der Waals surface area contributed by atoms with Crippen molar-refractivity contribution < 1.29 is 13.2 Å². The van der Waals surface area contributed by atoms with Crippen LogP contribution in [0.5, 0.6) is 0 Å². The van der Waals surface area contributed by atoms with Gasteiger partial charge in [-0.25, -0.2) is 0 Å². The highest BCUT2D eigenvalue weighted by molar-refractivity contribution is 9.08. The maximum atomic E-state index is 12.5. The summed E-state index contributed by atoms with van der Waals surface area (Å²) in [6.45, 7) is 2.98. The summed E-state index contributed by atoms with van der Waals surface area (Å²) in [7, 11) is 0. The van der Waals surface area contributed by atoms with E-state index in [9.17, 15) is 13.2 Å². The third-order valence-electron chi connectivity index (χ3n) is 2.03. The van der Waals surface area contributed by atoms with E-state index in [1.165, 1.54) is 13.8 Å². The molecule has 1 aromatic rings. The fourth-order valence-electron chi connectivity index (χ4n) is 1.58. The Kier molecular flexibility index (Phi) is 3.24. The maximum Gasteiger partial charge on any atom is 0.416 e. The van der Waals surface area contributed by atoms with Gasteiger partial charge in [0.25, 0.3) is 0 Å². The van der Waals surface area contributed by atoms with Crippen LogP contribution in [0.3, 0.4) is 0 Å². The van der Waals surface area contributed by atoms with E-state index in [0.717, 1.165) is 5.56 Å². The quantitative estimate of drug-likeness (QED) is 0.668. The van der Waals surface area contributed by atoms with Crippen LogP contribution in [0.2, 0.25) is 0 Å². The zero-order chi connectivity index (χ0) is 10.9. The van der Waals surface area contributed by atoms with Crippen molar-refractivity contribution in [1.29, 1.82) is 0 Å². The first-order valence-corrected chi connectivity index (χ1v) is 5.21. The lowest BCUT2D eigenvalue weighted by molar-refractivity contribution is -0.138. The van der Waals surface area contributed by atoms with Crippen LogP contribution in [0.1, 0.15) is 22.3 Å². The summed E-state index contributed by atoms with van der Waals surface area (Å²) in [4.78, 5) is 0. The molecule has 0 spiro atoms. The molecule has 0 unspecified atom stereocenters. The molecule has 0 aliphatic heterocycles. The predicted molar refractivity (Wildman–Crippen MR) is 53.5 cm³/mol. The highest BCUT2D eigenvalue weighted by Crippen LogP contribution is 2.35. The second kappa shape index (κ2) is 3.93. The molecule has 0 saturated heterocycles. The van der Waals surface area contributed by atoms with Gasteiger partial charge in [0.2, 0.25) is 0 Å². The van der Waals surface area contributed by atoms with Crippen LogP contribution >= 0.6 is 15.9 Å². The molecule has 0 aromatic heterocycles. The van der Waals surface area contributed by atoms with Gasteiger partial charge in [-0.2, -0.15) is 13.2 Å². The Morgan fingerprint density at radius 2 is 1.57 bits per heavy atom. The van der Waals surface area contributed by atoms with E-state index < -0.39 is 11.7 Å². The Morgan fingerprint density at radius 3 is 1.86 bits per heavy atom. The summed E-state index contributed by atoms with van der Waals surface area (Å²) in [6, 6.07) is 3.12. The Balaban J connectivity index is 3.33. The molecule has 0 heterocycles. The molecule has 0 atom stereocenters. The number of aryl methyl sites for hydroxylation is 2. The lowest BCUT2D eigenvalue weighted by Gasteiger charge is -2.14. The van der Waals surface area contributed by atoms with E-state index in [1.807, 2.05) is 0 Å². The van der Waals surface area contributed by atoms with Crippen molar-refractivity contribution in [2.75, 3.05) is 0 Å². The first-order chi connectivity index (χ1) is 6.36. The summed E-state index contributed by atoms with van der Waals surface area (Å²) in [6.07, 6.45) is -4.25. The van der Waals surface area contributed by atoms with Crippen LogP contribution in [-0.4, -0.2) is 0 Å². The molecule has 0 aliphatic rings. The molecule has 1 rings (SSSR count). The van der Waals surface area contributed by atoms with Crippen molar-refractivity contribution in [2.45, 2.75) is 25.4 Å². The molecule has 0 aliphatic carbocycles. The molecule has 0 N–H and O–H groups in total. The molecule has 0 radical (unpaired) electrons. The van der Waals surface area contributed by atoms with Crippen LogP contribution in [0.15, 0.2) is 12.1 Å². The Hall–Kier alpha value is -0.510. The van der Waals surface area contributed by atoms with Crippen molar-refractivity contribution in [1.82, 2.24) is 0 Å². The van der Waals surface area contributed by atoms with E-state index in [2.05, 4.69) is 15.9 Å². The fraction of sp³-hybridized carbons (Fsp3) is 0.400. The molecule has 0 nitrogen and oxygen atoms in total. The van der Waals surface area contributed by atoms with Crippen LogP contribution < -0.4 is 0 Å². The smallest absolute Gasteiger partial charge is 0.166 e. The first kappa shape index (κ1) is 11.6. The standard InChI is InChI=1S/C10H10BrF3/c1-6-3-8(5-11)4-7(2)9(6)10(12,13)14/h3-4H,5H2,1-2H3. The minimum Gasteiger partial charge on any atom is -0.166 e. The SMILES string of the molecule is Cc1cc(CBr)cc(C)c1C(F)(F)F. The Bertz CT molecular complexity index is 319. The number of benzene rings is 1. The number of hydrogen-bond acceptors (Lipinski definition) is 0. The molecule has 0 saturated carbocycles. The maximum absolute atomic E-state index is 12.5. The molecule has 78 valence electrons. The summed E-state index contributed by atoms with van der Waals surface area (Å²) >= 11 is 3.22. The summed E-state index contributed by atoms with van der Waals surface area (Å²) < 4.78 is 37.6. The second-order valence-corrected chi connectivity index (χ2v) is 3.80. The number of alkyl halides is 4. The third kappa shape index (κ3) is 2.29. The highest BCUT2D eigenvalue weighted by Gasteiger charge is 2.34. The monoisotopic (exact) mass is 266 g/mol. The van der Waals surface area contributed by atoms with Crippen LogP contribution in [0, 0.1) is 13.8 Å². The van der Waals surface area contributed by atoms with E-state index in [-0.39, 0.29) is 11.1 Å². The summed E-state index contributed by atoms with van der Waals surface area (Å²) in [5.41, 5.74) is 0.925. The molecular formula is C10H10BrF3. The van der Waals surface area contributed by atoms with Crippen LogP contribution in [0.4, 0.5) is 13.2 Å². The highest BCUT2D eigenvalue weighted by atomic mass is 79.9. The minimum atomic E-state index is -4.25. The van der Waals surface area contributed by atoms with Gasteiger partial charge in [0.05, 0.1) is 5.56 Å². The third-order valence-corrected chi connectivity index (χ3v) is 2.68. The van der Waals surface area contributed by atoms with E-state index in [0.29, 0.717) is 5.33 Å². The summed E-state index contributed by atoms with van der Waals surface area (Å²) in [5.74, 6) is 0. The first-order valence-electron chi connectivity index (χ1n) is 4.09. The zero-order valence-electron chi connectivity index (χ0n) is 7.87. The van der Waals surface area contributed by atoms with Gasteiger partial charge in [0.15, 0.2) is 0 Å². The fourth-order valence-corrected chi connectivity index (χ4v) is 1.90. The lowest BCUT2D eigenvalue weighted by Crippen LogP contribution is -2.10. The van der Waals surface area contributed by atoms with Crippen molar-refractivity contribution in [3.63, 3.8) is 0 Å². The molecule has 4 heteroatoms. The van der Waals surface area contributed by atoms with Gasteiger partial charge in [0, 0.05) is 5.33 Å². The zero-order valence-corrected chi connectivity index (χ0v) is 9.46. The molecule has 0 amide bonds. The molecular weight excluding hydrogens is 257 g/mol. The predicted octanol–water partition coefficient (Wildman–Crippen LogP) is 4.22. The average Bonchev–Trinajstić information content (AvgIpc) is 1.99. The van der Waals surface area contributed by atoms with E-state index in [1.54, 1.807) is 12.1 Å². The Morgan fingerprint density at radius 1 is 1.14 bits per heavy atom. The average molecular weight is 267 g/mol. The van der Waals surface area contributed by atoms with Gasteiger partial charge in [-0.1, -0.05) is 28.1 Å². The van der Waals surface area contributed by atoms with Crippen molar-refractivity contribution >= 4 is 15.9 Å². The molecule has 0 fully saturated rings. The van der Waals surface area contributed by atoms with Crippen LogP contribution in [-0.2, 0) is 11.5 Å². The molecule has 1 aromatic carbocycles. The number of rotatable bonds is 1. The lowest BCUT2D eigenvalue weighted by atomic mass is 9.99. The van der Waals surface area contributed by atoms with Crippen molar-refractivity contribution in [3.8, 4) is 0 Å². The van der Waals surface area contributed by atoms with E-state index in [4.69, 9.17) is 0 Å².